The minimum Gasteiger partial charge on any atom is -0.386 e. The van der Waals surface area contributed by atoms with Gasteiger partial charge in [0.1, 0.15) is 0 Å². The van der Waals surface area contributed by atoms with E-state index in [9.17, 15) is 9.90 Å². The molecule has 0 atom stereocenters. The third kappa shape index (κ3) is 4.03. The van der Waals surface area contributed by atoms with E-state index < -0.39 is 5.60 Å². The van der Waals surface area contributed by atoms with Crippen LogP contribution in [0, 0.1) is 0 Å². The third-order valence-electron chi connectivity index (χ3n) is 3.12. The Morgan fingerprint density at radius 3 is 2.71 bits per heavy atom. The SMILES string of the molecule is CC(C)(O)c1ccc(CNC(=O)c2cccnc2)c(Cl)c1. The summed E-state index contributed by atoms with van der Waals surface area (Å²) >= 11 is 6.19. The molecule has 0 saturated carbocycles. The van der Waals surface area contributed by atoms with Crippen molar-refractivity contribution in [2.24, 2.45) is 0 Å². The number of hydrogen-bond acceptors (Lipinski definition) is 3. The highest BCUT2D eigenvalue weighted by molar-refractivity contribution is 6.31. The summed E-state index contributed by atoms with van der Waals surface area (Å²) in [5, 5.41) is 13.2. The first-order chi connectivity index (χ1) is 9.88. The third-order valence-corrected chi connectivity index (χ3v) is 3.47. The zero-order chi connectivity index (χ0) is 15.5. The summed E-state index contributed by atoms with van der Waals surface area (Å²) in [5.74, 6) is -0.203. The maximum absolute atomic E-state index is 11.9. The van der Waals surface area contributed by atoms with Crippen LogP contribution >= 0.6 is 11.6 Å². The molecular weight excluding hydrogens is 288 g/mol. The van der Waals surface area contributed by atoms with Crippen LogP contribution in [0.2, 0.25) is 5.02 Å². The molecule has 1 heterocycles. The van der Waals surface area contributed by atoms with Crippen LogP contribution in [-0.4, -0.2) is 16.0 Å². The summed E-state index contributed by atoms with van der Waals surface area (Å²) in [5.41, 5.74) is 1.08. The molecule has 0 aliphatic heterocycles. The molecule has 0 spiro atoms. The van der Waals surface area contributed by atoms with Gasteiger partial charge in [0.15, 0.2) is 0 Å². The minimum absolute atomic E-state index is 0.203. The average Bonchev–Trinajstić information content (AvgIpc) is 2.45. The molecule has 0 bridgehead atoms. The number of benzene rings is 1. The standard InChI is InChI=1S/C16H17ClN2O2/c1-16(2,21)13-6-5-11(14(17)8-13)10-19-15(20)12-4-3-7-18-9-12/h3-9,21H,10H2,1-2H3,(H,19,20). The highest BCUT2D eigenvalue weighted by Crippen LogP contribution is 2.25. The first kappa shape index (κ1) is 15.5. The molecule has 0 radical (unpaired) electrons. The molecule has 21 heavy (non-hydrogen) atoms. The van der Waals surface area contributed by atoms with Gasteiger partial charge < -0.3 is 10.4 Å². The van der Waals surface area contributed by atoms with Crippen molar-refractivity contribution in [1.82, 2.24) is 10.3 Å². The number of hydrogen-bond donors (Lipinski definition) is 2. The monoisotopic (exact) mass is 304 g/mol. The van der Waals surface area contributed by atoms with Crippen LogP contribution < -0.4 is 5.32 Å². The number of nitrogens with zero attached hydrogens (tertiary/aromatic N) is 1. The molecule has 5 heteroatoms. The average molecular weight is 305 g/mol. The molecule has 0 unspecified atom stereocenters. The molecule has 0 saturated heterocycles. The Kier molecular flexibility index (Phi) is 4.60. The fourth-order valence-corrected chi connectivity index (χ4v) is 2.09. The van der Waals surface area contributed by atoms with Gasteiger partial charge in [0.05, 0.1) is 11.2 Å². The van der Waals surface area contributed by atoms with Crippen molar-refractivity contribution in [3.63, 3.8) is 0 Å². The summed E-state index contributed by atoms with van der Waals surface area (Å²) in [4.78, 5) is 15.8. The quantitative estimate of drug-likeness (QED) is 0.913. The molecule has 2 N–H and O–H groups in total. The summed E-state index contributed by atoms with van der Waals surface area (Å²) in [6.45, 7) is 3.71. The maximum atomic E-state index is 11.9. The van der Waals surface area contributed by atoms with Gasteiger partial charge in [-0.1, -0.05) is 23.7 Å². The van der Waals surface area contributed by atoms with Gasteiger partial charge in [-0.2, -0.15) is 0 Å². The topological polar surface area (TPSA) is 62.2 Å². The molecular formula is C16H17ClN2O2. The Bertz CT molecular complexity index is 636. The van der Waals surface area contributed by atoms with Gasteiger partial charge in [0, 0.05) is 24.0 Å². The van der Waals surface area contributed by atoms with E-state index in [1.165, 1.54) is 6.20 Å². The first-order valence-corrected chi connectivity index (χ1v) is 6.95. The van der Waals surface area contributed by atoms with Gasteiger partial charge >= 0.3 is 0 Å². The van der Waals surface area contributed by atoms with Crippen LogP contribution in [0.25, 0.3) is 0 Å². The maximum Gasteiger partial charge on any atom is 0.253 e. The Morgan fingerprint density at radius 1 is 1.38 bits per heavy atom. The molecule has 110 valence electrons. The summed E-state index contributed by atoms with van der Waals surface area (Å²) < 4.78 is 0. The summed E-state index contributed by atoms with van der Waals surface area (Å²) in [7, 11) is 0. The highest BCUT2D eigenvalue weighted by Gasteiger charge is 2.17. The lowest BCUT2D eigenvalue weighted by molar-refractivity contribution is 0.0785. The molecule has 0 aliphatic rings. The molecule has 1 aromatic carbocycles. The van der Waals surface area contributed by atoms with Crippen molar-refractivity contribution in [2.75, 3.05) is 0 Å². The van der Waals surface area contributed by atoms with Crippen molar-refractivity contribution < 1.29 is 9.90 Å². The zero-order valence-electron chi connectivity index (χ0n) is 11.9. The van der Waals surface area contributed by atoms with Crippen LogP contribution in [0.4, 0.5) is 0 Å². The molecule has 2 rings (SSSR count). The lowest BCUT2D eigenvalue weighted by Gasteiger charge is -2.19. The summed E-state index contributed by atoms with van der Waals surface area (Å²) in [6, 6.07) is 8.73. The fraction of sp³-hybridized carbons (Fsp3) is 0.250. The van der Waals surface area contributed by atoms with E-state index in [4.69, 9.17) is 11.6 Å². The van der Waals surface area contributed by atoms with Crippen LogP contribution in [0.1, 0.15) is 35.3 Å². The van der Waals surface area contributed by atoms with E-state index in [1.807, 2.05) is 0 Å². The van der Waals surface area contributed by atoms with Crippen molar-refractivity contribution in [3.05, 3.63) is 64.4 Å². The second-order valence-electron chi connectivity index (χ2n) is 5.29. The fourth-order valence-electron chi connectivity index (χ4n) is 1.85. The molecule has 1 amide bonds. The Morgan fingerprint density at radius 2 is 2.14 bits per heavy atom. The van der Waals surface area contributed by atoms with E-state index in [0.29, 0.717) is 17.1 Å². The van der Waals surface area contributed by atoms with Crippen molar-refractivity contribution in [3.8, 4) is 0 Å². The molecule has 1 aromatic heterocycles. The minimum atomic E-state index is -0.943. The number of aliphatic hydroxyl groups is 1. The van der Waals surface area contributed by atoms with Crippen LogP contribution in [0.5, 0.6) is 0 Å². The van der Waals surface area contributed by atoms with Gasteiger partial charge in [0.25, 0.3) is 5.91 Å². The van der Waals surface area contributed by atoms with E-state index >= 15 is 0 Å². The number of pyridine rings is 1. The van der Waals surface area contributed by atoms with Crippen LogP contribution in [0.3, 0.4) is 0 Å². The lowest BCUT2D eigenvalue weighted by Crippen LogP contribution is -2.23. The van der Waals surface area contributed by atoms with Crippen LogP contribution in [0.15, 0.2) is 42.7 Å². The largest absolute Gasteiger partial charge is 0.386 e. The number of amides is 1. The van der Waals surface area contributed by atoms with E-state index in [0.717, 1.165) is 11.1 Å². The van der Waals surface area contributed by atoms with E-state index in [1.54, 1.807) is 50.4 Å². The summed E-state index contributed by atoms with van der Waals surface area (Å²) in [6.07, 6.45) is 3.12. The predicted octanol–water partition coefficient (Wildman–Crippen LogP) is 2.89. The number of nitrogens with one attached hydrogen (secondary N) is 1. The number of rotatable bonds is 4. The first-order valence-electron chi connectivity index (χ1n) is 6.57. The number of halogens is 1. The van der Waals surface area contributed by atoms with Gasteiger partial charge in [-0.3, -0.25) is 9.78 Å². The van der Waals surface area contributed by atoms with Gasteiger partial charge in [-0.05, 0) is 43.2 Å². The number of carbonyl (C=O) groups excluding carboxylic acids is 1. The number of aromatic nitrogens is 1. The Balaban J connectivity index is 2.06. The predicted molar refractivity (Wildman–Crippen MR) is 82.1 cm³/mol. The molecule has 2 aromatic rings. The molecule has 0 aliphatic carbocycles. The smallest absolute Gasteiger partial charge is 0.253 e. The second-order valence-corrected chi connectivity index (χ2v) is 5.70. The van der Waals surface area contributed by atoms with Crippen molar-refractivity contribution in [1.29, 1.82) is 0 Å². The van der Waals surface area contributed by atoms with E-state index in [-0.39, 0.29) is 5.91 Å². The van der Waals surface area contributed by atoms with Gasteiger partial charge in [-0.25, -0.2) is 0 Å². The van der Waals surface area contributed by atoms with Crippen LogP contribution in [-0.2, 0) is 12.1 Å². The molecule has 4 nitrogen and oxygen atoms in total. The highest BCUT2D eigenvalue weighted by atomic mass is 35.5. The number of carbonyl (C=O) groups is 1. The Hall–Kier alpha value is -1.91. The molecule has 0 fully saturated rings. The van der Waals surface area contributed by atoms with Gasteiger partial charge in [-0.15, -0.1) is 0 Å². The van der Waals surface area contributed by atoms with Crippen molar-refractivity contribution in [2.45, 2.75) is 26.0 Å². The Labute approximate surface area is 128 Å². The van der Waals surface area contributed by atoms with E-state index in [2.05, 4.69) is 10.3 Å². The van der Waals surface area contributed by atoms with Crippen molar-refractivity contribution >= 4 is 17.5 Å². The zero-order valence-corrected chi connectivity index (χ0v) is 12.7. The normalized spacial score (nSPS) is 11.2. The second kappa shape index (κ2) is 6.24. The lowest BCUT2D eigenvalue weighted by atomic mass is 9.97. The van der Waals surface area contributed by atoms with Gasteiger partial charge in [0.2, 0.25) is 0 Å².